The lowest BCUT2D eigenvalue weighted by atomic mass is 9.85. The third-order valence-electron chi connectivity index (χ3n) is 7.02. The van der Waals surface area contributed by atoms with Crippen LogP contribution in [-0.4, -0.2) is 50.7 Å². The Morgan fingerprint density at radius 3 is 2.29 bits per heavy atom. The first-order chi connectivity index (χ1) is 17.9. The van der Waals surface area contributed by atoms with Gasteiger partial charge in [0.1, 0.15) is 5.67 Å². The fourth-order valence-electron chi connectivity index (χ4n) is 4.54. The van der Waals surface area contributed by atoms with E-state index in [0.717, 1.165) is 42.7 Å². The van der Waals surface area contributed by atoms with E-state index in [9.17, 15) is 17.4 Å². The number of nitrogens with one attached hydrogen (secondary N) is 3. The highest BCUT2D eigenvalue weighted by Gasteiger charge is 2.35. The number of benzene rings is 2. The second kappa shape index (κ2) is 12.6. The summed E-state index contributed by atoms with van der Waals surface area (Å²) < 4.78 is 62.4. The lowest BCUT2D eigenvalue weighted by molar-refractivity contribution is 0.102. The molecule has 1 heterocycles. The Morgan fingerprint density at radius 1 is 1.05 bits per heavy atom. The van der Waals surface area contributed by atoms with Crippen LogP contribution in [0.4, 0.5) is 15.8 Å². The molecule has 210 valence electrons. The van der Waals surface area contributed by atoms with Crippen molar-refractivity contribution in [2.45, 2.75) is 62.4 Å². The molecule has 0 aromatic heterocycles. The van der Waals surface area contributed by atoms with Gasteiger partial charge in [-0.3, -0.25) is 9.10 Å². The molecule has 8 nitrogen and oxygen atoms in total. The van der Waals surface area contributed by atoms with Crippen LogP contribution in [0.1, 0.15) is 67.8 Å². The molecule has 1 aliphatic rings. The molecule has 0 saturated carbocycles. The molecule has 2 aromatic carbocycles. The van der Waals surface area contributed by atoms with Gasteiger partial charge in [0.2, 0.25) is 10.0 Å². The zero-order valence-corrected chi connectivity index (χ0v) is 24.0. The van der Waals surface area contributed by atoms with Crippen molar-refractivity contribution in [1.82, 2.24) is 5.32 Å². The smallest absolute Gasteiger partial charge is 0.257 e. The van der Waals surface area contributed by atoms with Crippen molar-refractivity contribution in [3.8, 4) is 0 Å². The summed E-state index contributed by atoms with van der Waals surface area (Å²) >= 11 is 0. The number of alkyl halides is 1. The van der Waals surface area contributed by atoms with E-state index in [4.69, 9.17) is 4.78 Å². The van der Waals surface area contributed by atoms with E-state index in [1.54, 1.807) is 30.3 Å². The summed E-state index contributed by atoms with van der Waals surface area (Å²) in [6.07, 6.45) is 6.51. The van der Waals surface area contributed by atoms with Crippen molar-refractivity contribution >= 4 is 37.0 Å². The van der Waals surface area contributed by atoms with E-state index in [-0.39, 0.29) is 29.8 Å². The molecule has 1 unspecified atom stereocenters. The number of carbonyl (C=O) groups is 1. The molecule has 11 heteroatoms. The van der Waals surface area contributed by atoms with Gasteiger partial charge in [0.25, 0.3) is 5.91 Å². The molecule has 1 atom stereocenters. The molecule has 0 bridgehead atoms. The summed E-state index contributed by atoms with van der Waals surface area (Å²) in [4.78, 5) is 13.8. The molecular weight excluding hydrogens is 527 g/mol. The quantitative estimate of drug-likeness (QED) is 0.303. The van der Waals surface area contributed by atoms with Crippen LogP contribution < -0.4 is 14.9 Å². The summed E-state index contributed by atoms with van der Waals surface area (Å²) in [5, 5.41) is 5.87. The number of piperidine rings is 1. The standard InChI is InChI=1S/C27H39FN4O4S2/c1-4-5-6-7-8-19-38(29,36)23-12-10-22(11-13-23)31-26(33)24-20-21(27(28)15-17-30-18-16-27)9-14-25(24)32(2)37(3,34)35/h9-14,20,29-30H,4-8,15-19H2,1-3H3,(H,31,33). The number of nitrogens with zero attached hydrogens (tertiary/aromatic N) is 1. The van der Waals surface area contributed by atoms with Gasteiger partial charge in [-0.1, -0.05) is 38.7 Å². The Morgan fingerprint density at radius 2 is 1.68 bits per heavy atom. The minimum Gasteiger partial charge on any atom is -0.322 e. The third-order valence-corrected chi connectivity index (χ3v) is 10.1. The predicted molar refractivity (Wildman–Crippen MR) is 152 cm³/mol. The number of anilines is 2. The highest BCUT2D eigenvalue weighted by molar-refractivity contribution is 7.92. The average molecular weight is 567 g/mol. The number of halogens is 1. The zero-order valence-electron chi connectivity index (χ0n) is 22.4. The Labute approximate surface area is 226 Å². The molecular formula is C27H39FN4O4S2. The number of rotatable bonds is 12. The molecule has 1 saturated heterocycles. The van der Waals surface area contributed by atoms with Crippen LogP contribution in [0.5, 0.6) is 0 Å². The molecule has 1 fully saturated rings. The van der Waals surface area contributed by atoms with Gasteiger partial charge < -0.3 is 10.6 Å². The maximum absolute atomic E-state index is 15.7. The van der Waals surface area contributed by atoms with Gasteiger partial charge in [-0.2, -0.15) is 0 Å². The van der Waals surface area contributed by atoms with Crippen LogP contribution in [0.15, 0.2) is 47.4 Å². The normalized spacial score (nSPS) is 16.9. The lowest BCUT2D eigenvalue weighted by Gasteiger charge is -2.31. The van der Waals surface area contributed by atoms with Gasteiger partial charge >= 0.3 is 0 Å². The molecule has 0 aliphatic carbocycles. The summed E-state index contributed by atoms with van der Waals surface area (Å²) in [7, 11) is -5.27. The van der Waals surface area contributed by atoms with Crippen LogP contribution >= 0.6 is 0 Å². The van der Waals surface area contributed by atoms with Crippen molar-refractivity contribution < 1.29 is 21.8 Å². The van der Waals surface area contributed by atoms with Gasteiger partial charge in [-0.25, -0.2) is 21.8 Å². The number of unbranched alkanes of at least 4 members (excludes halogenated alkanes) is 4. The highest BCUT2D eigenvalue weighted by atomic mass is 32.2. The van der Waals surface area contributed by atoms with Crippen LogP contribution in [-0.2, 0) is 25.4 Å². The van der Waals surface area contributed by atoms with E-state index in [1.165, 1.54) is 19.2 Å². The van der Waals surface area contributed by atoms with Crippen molar-refractivity contribution in [3.05, 3.63) is 53.6 Å². The fraction of sp³-hybridized carbons (Fsp3) is 0.519. The van der Waals surface area contributed by atoms with E-state index >= 15 is 4.39 Å². The number of sulfonamides is 1. The summed E-state index contributed by atoms with van der Waals surface area (Å²) in [6, 6.07) is 10.7. The Hall–Kier alpha value is -2.50. The van der Waals surface area contributed by atoms with E-state index in [0.29, 0.717) is 29.2 Å². The number of hydrogen-bond acceptors (Lipinski definition) is 6. The molecule has 2 aromatic rings. The van der Waals surface area contributed by atoms with Gasteiger partial charge in [-0.05, 0) is 74.3 Å². The maximum Gasteiger partial charge on any atom is 0.257 e. The molecule has 3 N–H and O–H groups in total. The first-order valence-corrected chi connectivity index (χ1v) is 16.6. The summed E-state index contributed by atoms with van der Waals surface area (Å²) in [5.74, 6) is -0.304. The van der Waals surface area contributed by atoms with Crippen LogP contribution in [0.25, 0.3) is 0 Å². The molecule has 3 rings (SSSR count). The third kappa shape index (κ3) is 7.54. The van der Waals surface area contributed by atoms with Gasteiger partial charge in [0.05, 0.1) is 27.2 Å². The van der Waals surface area contributed by atoms with E-state index < -0.39 is 31.3 Å². The summed E-state index contributed by atoms with van der Waals surface area (Å²) in [6.45, 7) is 3.14. The average Bonchev–Trinajstić information content (AvgIpc) is 2.88. The SMILES string of the molecule is CCCCCCCS(=N)(=O)c1ccc(NC(=O)c2cc(C3(F)CCNCC3)ccc2N(C)S(C)(=O)=O)cc1. The second-order valence-electron chi connectivity index (χ2n) is 9.95. The lowest BCUT2D eigenvalue weighted by Crippen LogP contribution is -2.37. The highest BCUT2D eigenvalue weighted by Crippen LogP contribution is 2.37. The van der Waals surface area contributed by atoms with Crippen molar-refractivity contribution in [2.75, 3.05) is 41.8 Å². The van der Waals surface area contributed by atoms with Crippen LogP contribution in [0.2, 0.25) is 0 Å². The Balaban J connectivity index is 1.83. The number of amides is 1. The second-order valence-corrected chi connectivity index (χ2v) is 14.2. The number of hydrogen-bond donors (Lipinski definition) is 3. The minimum absolute atomic E-state index is 0.0337. The van der Waals surface area contributed by atoms with Gasteiger partial charge in [-0.15, -0.1) is 0 Å². The molecule has 1 amide bonds. The number of carbonyl (C=O) groups excluding carboxylic acids is 1. The molecule has 0 spiro atoms. The van der Waals surface area contributed by atoms with Crippen LogP contribution in [0, 0.1) is 4.78 Å². The predicted octanol–water partition coefficient (Wildman–Crippen LogP) is 5.26. The fourth-order valence-corrected chi connectivity index (χ4v) is 6.48. The monoisotopic (exact) mass is 566 g/mol. The Kier molecular flexibility index (Phi) is 9.94. The van der Waals surface area contributed by atoms with Crippen molar-refractivity contribution in [1.29, 1.82) is 4.78 Å². The first kappa shape index (κ1) is 30.0. The molecule has 38 heavy (non-hydrogen) atoms. The Bertz CT molecular complexity index is 1320. The van der Waals surface area contributed by atoms with E-state index in [2.05, 4.69) is 17.6 Å². The molecule has 1 aliphatic heterocycles. The zero-order chi connectivity index (χ0) is 28.0. The molecule has 0 radical (unpaired) electrons. The van der Waals surface area contributed by atoms with E-state index in [1.807, 2.05) is 0 Å². The van der Waals surface area contributed by atoms with Crippen molar-refractivity contribution in [3.63, 3.8) is 0 Å². The topological polar surface area (TPSA) is 119 Å². The van der Waals surface area contributed by atoms with Gasteiger partial charge in [0.15, 0.2) is 0 Å². The minimum atomic E-state index is -3.68. The first-order valence-electron chi connectivity index (χ1n) is 13.0. The van der Waals surface area contributed by atoms with Crippen molar-refractivity contribution in [2.24, 2.45) is 0 Å². The largest absolute Gasteiger partial charge is 0.322 e. The summed E-state index contributed by atoms with van der Waals surface area (Å²) in [5.41, 5.74) is -0.716. The van der Waals surface area contributed by atoms with Gasteiger partial charge in [0, 0.05) is 23.4 Å². The van der Waals surface area contributed by atoms with Crippen LogP contribution in [0.3, 0.4) is 0 Å². The maximum atomic E-state index is 15.7.